The number of Topliss-reactive ketones (excluding diaryl/α,β-unsaturated/α-hetero) is 1. The average Bonchev–Trinajstić information content (AvgIpc) is 2.96. The van der Waals surface area contributed by atoms with Crippen molar-refractivity contribution in [1.82, 2.24) is 0 Å². The lowest BCUT2D eigenvalue weighted by Crippen LogP contribution is -2.05. The number of rotatable bonds is 14. The third kappa shape index (κ3) is 10.0. The van der Waals surface area contributed by atoms with Crippen molar-refractivity contribution in [3.05, 3.63) is 35.6 Å². The van der Waals surface area contributed by atoms with Gasteiger partial charge in [-0.1, -0.05) is 75.1 Å². The highest BCUT2D eigenvalue weighted by Gasteiger charge is 2.30. The van der Waals surface area contributed by atoms with Gasteiger partial charge in [0, 0.05) is 6.42 Å². The number of unbranched alkanes of at least 4 members (excludes halogenated alkanes) is 8. The molecule has 3 nitrogen and oxygen atoms in total. The van der Waals surface area contributed by atoms with E-state index in [4.69, 9.17) is 0 Å². The van der Waals surface area contributed by atoms with Gasteiger partial charge in [0.1, 0.15) is 11.3 Å². The molecule has 0 atom stereocenters. The molecule has 0 saturated carbocycles. The fourth-order valence-corrected chi connectivity index (χ4v) is 3.68. The Hall–Kier alpha value is -1.29. The maximum absolute atomic E-state index is 11.5. The summed E-state index contributed by atoms with van der Waals surface area (Å²) in [5, 5.41) is 9.64. The molecule has 1 aliphatic heterocycles. The smallest absolute Gasteiger partial charge is 0.226 e. The molecule has 0 unspecified atom stereocenters. The van der Waals surface area contributed by atoms with Crippen molar-refractivity contribution < 1.29 is 14.7 Å². The summed E-state index contributed by atoms with van der Waals surface area (Å²) in [6, 6.07) is 0. The zero-order valence-corrected chi connectivity index (χ0v) is 17.0. The summed E-state index contributed by atoms with van der Waals surface area (Å²) in [6.07, 6.45) is 22.1. The fourth-order valence-electron chi connectivity index (χ4n) is 2.90. The summed E-state index contributed by atoms with van der Waals surface area (Å²) in [5.74, 6) is -0.0452. The maximum atomic E-state index is 11.5. The summed E-state index contributed by atoms with van der Waals surface area (Å²) < 4.78 is 0. The van der Waals surface area contributed by atoms with Crippen molar-refractivity contribution in [2.24, 2.45) is 0 Å². The maximum Gasteiger partial charge on any atom is 0.226 e. The van der Waals surface area contributed by atoms with Gasteiger partial charge < -0.3 is 5.11 Å². The molecule has 0 aromatic heterocycles. The molecule has 1 saturated heterocycles. The second-order valence-corrected chi connectivity index (χ2v) is 7.75. The van der Waals surface area contributed by atoms with E-state index in [1.165, 1.54) is 38.5 Å². The predicted molar refractivity (Wildman–Crippen MR) is 111 cm³/mol. The number of aliphatic hydroxyl groups excluding tert-OH is 1. The van der Waals surface area contributed by atoms with Crippen LogP contribution in [0.3, 0.4) is 0 Å². The second-order valence-electron chi connectivity index (χ2n) is 6.80. The van der Waals surface area contributed by atoms with Crippen LogP contribution in [-0.2, 0) is 9.59 Å². The van der Waals surface area contributed by atoms with Crippen LogP contribution in [0.5, 0.6) is 0 Å². The van der Waals surface area contributed by atoms with E-state index in [1.54, 1.807) is 0 Å². The Balaban J connectivity index is 1.96. The highest BCUT2D eigenvalue weighted by atomic mass is 32.2. The number of carbonyl (C=O) groups excluding carboxylic acids is 2. The first-order chi connectivity index (χ1) is 12.7. The molecule has 1 N–H and O–H groups in total. The van der Waals surface area contributed by atoms with E-state index in [-0.39, 0.29) is 28.0 Å². The number of ketones is 1. The van der Waals surface area contributed by atoms with Crippen LogP contribution in [0.1, 0.15) is 84.0 Å². The minimum atomic E-state index is -0.268. The van der Waals surface area contributed by atoms with Gasteiger partial charge in [0.25, 0.3) is 0 Å². The van der Waals surface area contributed by atoms with Gasteiger partial charge in [-0.3, -0.25) is 9.59 Å². The van der Waals surface area contributed by atoms with Gasteiger partial charge in [-0.15, -0.1) is 0 Å². The van der Waals surface area contributed by atoms with E-state index in [0.29, 0.717) is 6.42 Å². The van der Waals surface area contributed by atoms with Crippen molar-refractivity contribution >= 4 is 22.7 Å². The predicted octanol–water partition coefficient (Wildman–Crippen LogP) is 6.45. The minimum Gasteiger partial charge on any atom is -0.511 e. The molecule has 1 heterocycles. The monoisotopic (exact) mass is 378 g/mol. The summed E-state index contributed by atoms with van der Waals surface area (Å²) in [4.78, 5) is 23.0. The quantitative estimate of drug-likeness (QED) is 0.124. The van der Waals surface area contributed by atoms with Gasteiger partial charge >= 0.3 is 0 Å². The van der Waals surface area contributed by atoms with Gasteiger partial charge in [0.05, 0.1) is 5.75 Å². The largest absolute Gasteiger partial charge is 0.511 e. The van der Waals surface area contributed by atoms with Gasteiger partial charge in [-0.05, 0) is 38.5 Å². The molecule has 0 amide bonds. The first-order valence-electron chi connectivity index (χ1n) is 10.1. The summed E-state index contributed by atoms with van der Waals surface area (Å²) >= 11 is 0.989. The Labute approximate surface area is 163 Å². The summed E-state index contributed by atoms with van der Waals surface area (Å²) in [5.41, 5.74) is 0.0413. The van der Waals surface area contributed by atoms with E-state index >= 15 is 0 Å². The fraction of sp³-hybridized carbons (Fsp3) is 0.636. The third-order valence-corrected chi connectivity index (χ3v) is 5.34. The highest BCUT2D eigenvalue weighted by Crippen LogP contribution is 2.26. The Bertz CT molecular complexity index is 499. The summed E-state index contributed by atoms with van der Waals surface area (Å²) in [6.45, 7) is 2.23. The second kappa shape index (κ2) is 14.8. The number of allylic oxidation sites excluding steroid dienone is 5. The molecule has 146 valence electrons. The van der Waals surface area contributed by atoms with Crippen LogP contribution in [0.15, 0.2) is 35.6 Å². The average molecular weight is 379 g/mol. The van der Waals surface area contributed by atoms with Crippen LogP contribution in [0, 0.1) is 0 Å². The zero-order valence-electron chi connectivity index (χ0n) is 16.2. The standard InChI is InChI=1S/C22H34O3S/c1-2-3-4-5-6-7-8-9-10-11-12-13-14-15-16-17-19(23)21-20(24)18-26-22(21)25/h6-7,9-10,23H,2-5,8,11-18H2,1H3/b7-6-,10-9-,21-19?. The van der Waals surface area contributed by atoms with Crippen LogP contribution in [-0.4, -0.2) is 21.8 Å². The molecule has 0 spiro atoms. The molecular weight excluding hydrogens is 344 g/mol. The zero-order chi connectivity index (χ0) is 19.0. The van der Waals surface area contributed by atoms with Crippen LogP contribution in [0.25, 0.3) is 0 Å². The normalized spacial score (nSPS) is 17.1. The summed E-state index contributed by atoms with van der Waals surface area (Å²) in [7, 11) is 0. The lowest BCUT2D eigenvalue weighted by Gasteiger charge is -2.03. The molecule has 1 fully saturated rings. The number of hydrogen-bond donors (Lipinski definition) is 1. The molecule has 0 bridgehead atoms. The molecule has 0 radical (unpaired) electrons. The molecule has 1 rings (SSSR count). The number of hydrogen-bond acceptors (Lipinski definition) is 4. The third-order valence-electron chi connectivity index (χ3n) is 4.47. The van der Waals surface area contributed by atoms with E-state index in [0.717, 1.165) is 43.9 Å². The van der Waals surface area contributed by atoms with E-state index in [2.05, 4.69) is 31.2 Å². The molecular formula is C22H34O3S. The first kappa shape index (κ1) is 22.8. The Morgan fingerprint density at radius 3 is 2.15 bits per heavy atom. The van der Waals surface area contributed by atoms with Crippen molar-refractivity contribution in [2.75, 3.05) is 5.75 Å². The molecule has 1 aliphatic rings. The van der Waals surface area contributed by atoms with Crippen molar-refractivity contribution in [2.45, 2.75) is 84.0 Å². The van der Waals surface area contributed by atoms with Gasteiger partial charge in [0.15, 0.2) is 5.78 Å². The molecule has 26 heavy (non-hydrogen) atoms. The molecule has 0 aliphatic carbocycles. The SMILES string of the molecule is CCCCC/C=C\C/C=C\CCCCCCCC(O)=C1C(=O)CSC1=O. The van der Waals surface area contributed by atoms with E-state index < -0.39 is 0 Å². The Morgan fingerprint density at radius 1 is 0.923 bits per heavy atom. The van der Waals surface area contributed by atoms with Crippen molar-refractivity contribution in [3.63, 3.8) is 0 Å². The van der Waals surface area contributed by atoms with Crippen LogP contribution < -0.4 is 0 Å². The van der Waals surface area contributed by atoms with Crippen LogP contribution >= 0.6 is 11.8 Å². The van der Waals surface area contributed by atoms with Crippen LogP contribution in [0.4, 0.5) is 0 Å². The Morgan fingerprint density at radius 2 is 1.54 bits per heavy atom. The van der Waals surface area contributed by atoms with E-state index in [1.807, 2.05) is 0 Å². The molecule has 0 aromatic rings. The lowest BCUT2D eigenvalue weighted by molar-refractivity contribution is -0.115. The lowest BCUT2D eigenvalue weighted by atomic mass is 10.1. The van der Waals surface area contributed by atoms with Crippen LogP contribution in [0.2, 0.25) is 0 Å². The topological polar surface area (TPSA) is 54.4 Å². The van der Waals surface area contributed by atoms with E-state index in [9.17, 15) is 14.7 Å². The highest BCUT2D eigenvalue weighted by molar-refractivity contribution is 8.15. The first-order valence-corrected chi connectivity index (χ1v) is 11.1. The van der Waals surface area contributed by atoms with Gasteiger partial charge in [0.2, 0.25) is 5.12 Å². The van der Waals surface area contributed by atoms with Crippen molar-refractivity contribution in [1.29, 1.82) is 0 Å². The van der Waals surface area contributed by atoms with Gasteiger partial charge in [-0.25, -0.2) is 0 Å². The Kier molecular flexibility index (Phi) is 13.0. The molecule has 4 heteroatoms. The molecule has 0 aromatic carbocycles. The minimum absolute atomic E-state index is 0.00400. The number of thioether (sulfide) groups is 1. The van der Waals surface area contributed by atoms with Gasteiger partial charge in [-0.2, -0.15) is 0 Å². The number of aliphatic hydroxyl groups is 1. The number of carbonyl (C=O) groups is 2. The van der Waals surface area contributed by atoms with Crippen molar-refractivity contribution in [3.8, 4) is 0 Å².